The van der Waals surface area contributed by atoms with Gasteiger partial charge in [-0.3, -0.25) is 0 Å². The van der Waals surface area contributed by atoms with Crippen LogP contribution in [-0.4, -0.2) is 18.1 Å². The molecule has 0 spiro atoms. The minimum atomic E-state index is -1.68. The number of oxazole rings is 1. The third-order valence-electron chi connectivity index (χ3n) is 3.81. The van der Waals surface area contributed by atoms with Crippen molar-refractivity contribution in [2.24, 2.45) is 0 Å². The van der Waals surface area contributed by atoms with Gasteiger partial charge in [-0.2, -0.15) is 5.26 Å². The molecule has 25 heavy (non-hydrogen) atoms. The normalized spacial score (nSPS) is 11.3. The Morgan fingerprint density at radius 2 is 1.96 bits per heavy atom. The van der Waals surface area contributed by atoms with Crippen LogP contribution >= 0.6 is 0 Å². The molecule has 0 atom stereocenters. The van der Waals surface area contributed by atoms with Gasteiger partial charge in [-0.05, 0) is 50.2 Å². The lowest BCUT2D eigenvalue weighted by Gasteiger charge is -2.14. The van der Waals surface area contributed by atoms with E-state index in [1.54, 1.807) is 30.3 Å². The molecule has 0 unspecified atom stereocenters. The zero-order valence-electron chi connectivity index (χ0n) is 14.0. The smallest absolute Gasteiger partial charge is 0.337 e. The highest BCUT2D eigenvalue weighted by Gasteiger charge is 2.26. The molecule has 0 aliphatic heterocycles. The van der Waals surface area contributed by atoms with Crippen LogP contribution in [0.15, 0.2) is 40.8 Å². The molecule has 0 N–H and O–H groups in total. The number of nitriles is 1. The lowest BCUT2D eigenvalue weighted by Crippen LogP contribution is -2.09. The van der Waals surface area contributed by atoms with Gasteiger partial charge in [-0.25, -0.2) is 14.2 Å². The van der Waals surface area contributed by atoms with E-state index in [1.165, 1.54) is 27.0 Å². The molecule has 0 aliphatic rings. The Kier molecular flexibility index (Phi) is 4.01. The van der Waals surface area contributed by atoms with Crippen LogP contribution in [0.1, 0.15) is 35.3 Å². The number of carbonyl (C=O) groups excluding carboxylic acids is 1. The molecule has 3 aromatic rings. The quantitative estimate of drug-likeness (QED) is 0.663. The number of methoxy groups -OCH3 is 1. The van der Waals surface area contributed by atoms with Crippen molar-refractivity contribution in [3.63, 3.8) is 0 Å². The Morgan fingerprint density at radius 3 is 2.52 bits per heavy atom. The largest absolute Gasteiger partial charge is 0.465 e. The Morgan fingerprint density at radius 1 is 1.28 bits per heavy atom. The van der Waals surface area contributed by atoms with Crippen molar-refractivity contribution in [1.82, 2.24) is 4.98 Å². The fourth-order valence-electron chi connectivity index (χ4n) is 2.53. The molecule has 1 aromatic heterocycles. The van der Waals surface area contributed by atoms with Gasteiger partial charge >= 0.3 is 5.97 Å². The maximum absolute atomic E-state index is 14.5. The number of ether oxygens (including phenoxy) is 1. The number of rotatable bonds is 3. The van der Waals surface area contributed by atoms with Gasteiger partial charge in [-0.15, -0.1) is 0 Å². The van der Waals surface area contributed by atoms with Crippen molar-refractivity contribution >= 4 is 17.1 Å². The molecular formula is C19H15FN2O3. The lowest BCUT2D eigenvalue weighted by atomic mass is 9.97. The first-order chi connectivity index (χ1) is 11.8. The Hall–Kier alpha value is -3.20. The molecule has 0 fully saturated rings. The Balaban J connectivity index is 2.13. The number of fused-ring (bicyclic) bond motifs is 1. The van der Waals surface area contributed by atoms with Crippen LogP contribution in [-0.2, 0) is 10.4 Å². The number of halogens is 1. The molecule has 1 heterocycles. The maximum Gasteiger partial charge on any atom is 0.337 e. The van der Waals surface area contributed by atoms with Crippen molar-refractivity contribution < 1.29 is 18.3 Å². The van der Waals surface area contributed by atoms with E-state index in [1.807, 2.05) is 6.07 Å². The summed E-state index contributed by atoms with van der Waals surface area (Å²) in [6, 6.07) is 11.6. The molecule has 126 valence electrons. The van der Waals surface area contributed by atoms with Crippen molar-refractivity contribution in [3.05, 3.63) is 53.1 Å². The second kappa shape index (κ2) is 6.02. The van der Waals surface area contributed by atoms with Crippen LogP contribution in [0.2, 0.25) is 0 Å². The third kappa shape index (κ3) is 3.09. The van der Waals surface area contributed by atoms with E-state index in [9.17, 15) is 9.18 Å². The number of benzene rings is 2. The minimum absolute atomic E-state index is 0.270. The Labute approximate surface area is 143 Å². The van der Waals surface area contributed by atoms with E-state index < -0.39 is 11.6 Å². The lowest BCUT2D eigenvalue weighted by molar-refractivity contribution is 0.0600. The minimum Gasteiger partial charge on any atom is -0.465 e. The van der Waals surface area contributed by atoms with Gasteiger partial charge in [0.2, 0.25) is 5.89 Å². The van der Waals surface area contributed by atoms with E-state index in [0.29, 0.717) is 27.8 Å². The molecule has 3 rings (SSSR count). The van der Waals surface area contributed by atoms with Crippen molar-refractivity contribution in [2.45, 2.75) is 19.5 Å². The van der Waals surface area contributed by atoms with Crippen molar-refractivity contribution in [1.29, 1.82) is 5.26 Å². The molecule has 0 saturated carbocycles. The molecule has 0 amide bonds. The molecule has 0 bridgehead atoms. The van der Waals surface area contributed by atoms with Crippen molar-refractivity contribution in [3.8, 4) is 17.5 Å². The maximum atomic E-state index is 14.5. The third-order valence-corrected chi connectivity index (χ3v) is 3.81. The van der Waals surface area contributed by atoms with Crippen LogP contribution in [0.25, 0.3) is 22.6 Å². The first kappa shape index (κ1) is 16.7. The second-order valence-corrected chi connectivity index (χ2v) is 6.04. The molecule has 0 radical (unpaired) electrons. The highest BCUT2D eigenvalue weighted by molar-refractivity contribution is 5.90. The topological polar surface area (TPSA) is 76.1 Å². The fraction of sp³-hybridized carbons (Fsp3) is 0.211. The summed E-state index contributed by atoms with van der Waals surface area (Å²) < 4.78 is 24.9. The standard InChI is InChI=1S/C19H15FN2O3/c1-19(2,20)14-8-11(10-21)9-15-16(14)25-17(22-15)12-4-6-13(7-5-12)18(23)24-3/h4-9H,1-3H3. The van der Waals surface area contributed by atoms with Gasteiger partial charge in [0.25, 0.3) is 0 Å². The van der Waals surface area contributed by atoms with Gasteiger partial charge in [0.1, 0.15) is 11.2 Å². The van der Waals surface area contributed by atoms with Gasteiger partial charge in [0.05, 0.1) is 24.3 Å². The first-order valence-electron chi connectivity index (χ1n) is 7.56. The SMILES string of the molecule is COC(=O)c1ccc(-c2nc3cc(C#N)cc(C(C)(C)F)c3o2)cc1. The highest BCUT2D eigenvalue weighted by Crippen LogP contribution is 2.35. The molecule has 6 heteroatoms. The zero-order chi connectivity index (χ0) is 18.2. The summed E-state index contributed by atoms with van der Waals surface area (Å²) in [5.74, 6) is -0.156. The number of nitrogens with zero attached hydrogens (tertiary/aromatic N) is 2. The molecular weight excluding hydrogens is 323 g/mol. The number of aromatic nitrogens is 1. The summed E-state index contributed by atoms with van der Waals surface area (Å²) in [4.78, 5) is 15.9. The van der Waals surface area contributed by atoms with Gasteiger partial charge < -0.3 is 9.15 Å². The first-order valence-corrected chi connectivity index (χ1v) is 7.56. The predicted octanol–water partition coefficient (Wildman–Crippen LogP) is 4.36. The van der Waals surface area contributed by atoms with Crippen LogP contribution < -0.4 is 0 Å². The van der Waals surface area contributed by atoms with E-state index in [-0.39, 0.29) is 11.5 Å². The number of hydrogen-bond donors (Lipinski definition) is 0. The van der Waals surface area contributed by atoms with Gasteiger partial charge in [0.15, 0.2) is 5.58 Å². The fourth-order valence-corrected chi connectivity index (χ4v) is 2.53. The summed E-state index contributed by atoms with van der Waals surface area (Å²) in [5, 5.41) is 9.14. The van der Waals surface area contributed by atoms with Crippen LogP contribution in [0.4, 0.5) is 4.39 Å². The second-order valence-electron chi connectivity index (χ2n) is 6.04. The number of alkyl halides is 1. The monoisotopic (exact) mass is 338 g/mol. The number of hydrogen-bond acceptors (Lipinski definition) is 5. The van der Waals surface area contributed by atoms with Crippen LogP contribution in [0, 0.1) is 11.3 Å². The number of carbonyl (C=O) groups is 1. The molecule has 0 aliphatic carbocycles. The predicted molar refractivity (Wildman–Crippen MR) is 89.6 cm³/mol. The zero-order valence-corrected chi connectivity index (χ0v) is 14.0. The Bertz CT molecular complexity index is 992. The van der Waals surface area contributed by atoms with E-state index in [0.717, 1.165) is 0 Å². The highest BCUT2D eigenvalue weighted by atomic mass is 19.1. The van der Waals surface area contributed by atoms with E-state index in [2.05, 4.69) is 9.72 Å². The summed E-state index contributed by atoms with van der Waals surface area (Å²) >= 11 is 0. The summed E-state index contributed by atoms with van der Waals surface area (Å²) in [6.45, 7) is 2.80. The average Bonchev–Trinajstić information content (AvgIpc) is 3.03. The number of esters is 1. The average molecular weight is 338 g/mol. The van der Waals surface area contributed by atoms with E-state index in [4.69, 9.17) is 9.68 Å². The summed E-state index contributed by atoms with van der Waals surface area (Å²) in [5.41, 5.74) is 0.645. The summed E-state index contributed by atoms with van der Waals surface area (Å²) in [7, 11) is 1.31. The van der Waals surface area contributed by atoms with Crippen LogP contribution in [0.3, 0.4) is 0 Å². The van der Waals surface area contributed by atoms with E-state index >= 15 is 0 Å². The molecule has 2 aromatic carbocycles. The molecule has 5 nitrogen and oxygen atoms in total. The van der Waals surface area contributed by atoms with Gasteiger partial charge in [-0.1, -0.05) is 0 Å². The van der Waals surface area contributed by atoms with Crippen molar-refractivity contribution in [2.75, 3.05) is 7.11 Å². The van der Waals surface area contributed by atoms with Crippen LogP contribution in [0.5, 0.6) is 0 Å². The summed E-state index contributed by atoms with van der Waals surface area (Å²) in [6.07, 6.45) is 0. The molecule has 0 saturated heterocycles. The van der Waals surface area contributed by atoms with Gasteiger partial charge in [0, 0.05) is 11.1 Å².